The van der Waals surface area contributed by atoms with Crippen molar-refractivity contribution < 1.29 is 9.90 Å². The molecule has 0 radical (unpaired) electrons. The van der Waals surface area contributed by atoms with Crippen molar-refractivity contribution in [3.63, 3.8) is 0 Å². The number of hydrogen-bond acceptors (Lipinski definition) is 2. The Balaban J connectivity index is 2.90. The van der Waals surface area contributed by atoms with Crippen LogP contribution in [0, 0.1) is 12.8 Å². The summed E-state index contributed by atoms with van der Waals surface area (Å²) in [5.41, 5.74) is 1.75. The van der Waals surface area contributed by atoms with E-state index in [1.165, 1.54) is 0 Å². The lowest BCUT2D eigenvalue weighted by atomic mass is 10.0. The number of benzene rings is 1. The number of halogens is 1. The van der Waals surface area contributed by atoms with Gasteiger partial charge in [0.25, 0.3) is 0 Å². The van der Waals surface area contributed by atoms with Crippen LogP contribution in [0.4, 0.5) is 5.69 Å². The molecule has 1 aromatic rings. The number of anilines is 1. The number of aryl methyl sites for hydroxylation is 1. The van der Waals surface area contributed by atoms with Crippen LogP contribution in [0.5, 0.6) is 0 Å². The fraction of sp³-hybridized carbons (Fsp3) is 0.417. The molecule has 1 rings (SSSR count). The summed E-state index contributed by atoms with van der Waals surface area (Å²) in [4.78, 5) is 11.0. The van der Waals surface area contributed by atoms with E-state index in [-0.39, 0.29) is 5.92 Å². The van der Waals surface area contributed by atoms with Gasteiger partial charge in [0.1, 0.15) is 6.04 Å². The number of aliphatic carboxylic acids is 1. The summed E-state index contributed by atoms with van der Waals surface area (Å²) >= 11 is 5.83. The third kappa shape index (κ3) is 3.14. The van der Waals surface area contributed by atoms with Crippen molar-refractivity contribution in [2.75, 3.05) is 5.32 Å². The number of hydrogen-bond donors (Lipinski definition) is 2. The van der Waals surface area contributed by atoms with E-state index in [1.807, 2.05) is 26.8 Å². The molecule has 0 spiro atoms. The van der Waals surface area contributed by atoms with Gasteiger partial charge in [0, 0.05) is 10.7 Å². The summed E-state index contributed by atoms with van der Waals surface area (Å²) < 4.78 is 0. The minimum Gasteiger partial charge on any atom is -0.480 e. The van der Waals surface area contributed by atoms with E-state index in [4.69, 9.17) is 16.7 Å². The van der Waals surface area contributed by atoms with Gasteiger partial charge in [0.05, 0.1) is 0 Å². The lowest BCUT2D eigenvalue weighted by Crippen LogP contribution is -2.34. The lowest BCUT2D eigenvalue weighted by molar-refractivity contribution is -0.138. The first-order valence-electron chi connectivity index (χ1n) is 5.17. The Kier molecular flexibility index (Phi) is 4.19. The molecule has 3 nitrogen and oxygen atoms in total. The molecule has 0 aromatic heterocycles. The minimum atomic E-state index is -0.843. The number of carbonyl (C=O) groups is 1. The van der Waals surface area contributed by atoms with E-state index < -0.39 is 12.0 Å². The molecule has 16 heavy (non-hydrogen) atoms. The average molecular weight is 242 g/mol. The summed E-state index contributed by atoms with van der Waals surface area (Å²) in [6.45, 7) is 5.64. The zero-order chi connectivity index (χ0) is 12.3. The Bertz CT molecular complexity index is 391. The van der Waals surface area contributed by atoms with E-state index >= 15 is 0 Å². The zero-order valence-electron chi connectivity index (χ0n) is 9.62. The second-order valence-electron chi connectivity index (χ2n) is 4.16. The SMILES string of the molecule is Cc1cc(Cl)ccc1N[C@H](C(=O)O)C(C)C. The molecule has 0 aliphatic rings. The first-order chi connectivity index (χ1) is 7.41. The van der Waals surface area contributed by atoms with Gasteiger partial charge in [-0.1, -0.05) is 25.4 Å². The van der Waals surface area contributed by atoms with Gasteiger partial charge >= 0.3 is 5.97 Å². The molecular weight excluding hydrogens is 226 g/mol. The van der Waals surface area contributed by atoms with Gasteiger partial charge in [-0.05, 0) is 36.6 Å². The fourth-order valence-corrected chi connectivity index (χ4v) is 1.70. The van der Waals surface area contributed by atoms with E-state index in [0.29, 0.717) is 5.02 Å². The quantitative estimate of drug-likeness (QED) is 0.851. The monoisotopic (exact) mass is 241 g/mol. The van der Waals surface area contributed by atoms with Crippen molar-refractivity contribution >= 4 is 23.3 Å². The highest BCUT2D eigenvalue weighted by Crippen LogP contribution is 2.21. The topological polar surface area (TPSA) is 49.3 Å². The zero-order valence-corrected chi connectivity index (χ0v) is 10.4. The minimum absolute atomic E-state index is 0.0209. The molecule has 4 heteroatoms. The van der Waals surface area contributed by atoms with Crippen molar-refractivity contribution in [3.8, 4) is 0 Å². The molecule has 1 aromatic carbocycles. The fourth-order valence-electron chi connectivity index (χ4n) is 1.47. The van der Waals surface area contributed by atoms with Crippen LogP contribution in [-0.4, -0.2) is 17.1 Å². The third-order valence-corrected chi connectivity index (χ3v) is 2.67. The lowest BCUT2D eigenvalue weighted by Gasteiger charge is -2.20. The van der Waals surface area contributed by atoms with Gasteiger partial charge < -0.3 is 10.4 Å². The van der Waals surface area contributed by atoms with Gasteiger partial charge in [0.2, 0.25) is 0 Å². The summed E-state index contributed by atoms with van der Waals surface area (Å²) in [5.74, 6) is -0.822. The molecular formula is C12H16ClNO2. The molecule has 88 valence electrons. The first kappa shape index (κ1) is 12.8. The van der Waals surface area contributed by atoms with E-state index in [9.17, 15) is 4.79 Å². The smallest absolute Gasteiger partial charge is 0.326 e. The Morgan fingerprint density at radius 1 is 1.44 bits per heavy atom. The van der Waals surface area contributed by atoms with Crippen molar-refractivity contribution in [2.45, 2.75) is 26.8 Å². The molecule has 0 unspecified atom stereocenters. The molecule has 0 bridgehead atoms. The molecule has 1 atom stereocenters. The molecule has 0 aliphatic carbocycles. The number of carboxylic acid groups (broad SMARTS) is 1. The molecule has 0 saturated carbocycles. The number of nitrogens with one attached hydrogen (secondary N) is 1. The van der Waals surface area contributed by atoms with Crippen LogP contribution in [-0.2, 0) is 4.79 Å². The third-order valence-electron chi connectivity index (χ3n) is 2.43. The van der Waals surface area contributed by atoms with Gasteiger partial charge in [-0.3, -0.25) is 0 Å². The summed E-state index contributed by atoms with van der Waals surface area (Å²) in [6, 6.07) is 4.77. The number of rotatable bonds is 4. The van der Waals surface area contributed by atoms with E-state index in [1.54, 1.807) is 12.1 Å². The Labute approximate surface area is 100 Å². The second-order valence-corrected chi connectivity index (χ2v) is 4.60. The second kappa shape index (κ2) is 5.21. The Morgan fingerprint density at radius 3 is 2.50 bits per heavy atom. The Morgan fingerprint density at radius 2 is 2.06 bits per heavy atom. The normalized spacial score (nSPS) is 12.6. The van der Waals surface area contributed by atoms with Gasteiger partial charge in [-0.2, -0.15) is 0 Å². The van der Waals surface area contributed by atoms with Gasteiger partial charge in [-0.25, -0.2) is 4.79 Å². The van der Waals surface area contributed by atoms with Crippen molar-refractivity contribution in [1.29, 1.82) is 0 Å². The molecule has 0 aliphatic heterocycles. The molecule has 0 heterocycles. The van der Waals surface area contributed by atoms with Crippen LogP contribution in [0.1, 0.15) is 19.4 Å². The predicted molar refractivity (Wildman–Crippen MR) is 66.1 cm³/mol. The first-order valence-corrected chi connectivity index (χ1v) is 5.55. The Hall–Kier alpha value is -1.22. The van der Waals surface area contributed by atoms with Crippen molar-refractivity contribution in [1.82, 2.24) is 0 Å². The predicted octanol–water partition coefficient (Wildman–Crippen LogP) is 3.17. The van der Waals surface area contributed by atoms with Crippen LogP contribution in [0.25, 0.3) is 0 Å². The molecule has 0 fully saturated rings. The highest BCUT2D eigenvalue weighted by molar-refractivity contribution is 6.30. The van der Waals surface area contributed by atoms with Crippen LogP contribution < -0.4 is 5.32 Å². The van der Waals surface area contributed by atoms with Gasteiger partial charge in [-0.15, -0.1) is 0 Å². The summed E-state index contributed by atoms with van der Waals surface area (Å²) in [5, 5.41) is 12.7. The highest BCUT2D eigenvalue weighted by Gasteiger charge is 2.21. The standard InChI is InChI=1S/C12H16ClNO2/c1-7(2)11(12(15)16)14-10-5-4-9(13)6-8(10)3/h4-7,11,14H,1-3H3,(H,15,16)/t11-/m0/s1. The largest absolute Gasteiger partial charge is 0.480 e. The van der Waals surface area contributed by atoms with Crippen LogP contribution >= 0.6 is 11.6 Å². The number of carboxylic acids is 1. The maximum Gasteiger partial charge on any atom is 0.326 e. The van der Waals surface area contributed by atoms with Crippen LogP contribution in [0.15, 0.2) is 18.2 Å². The maximum absolute atomic E-state index is 11.0. The van der Waals surface area contributed by atoms with Crippen molar-refractivity contribution in [3.05, 3.63) is 28.8 Å². The molecule has 0 amide bonds. The van der Waals surface area contributed by atoms with Crippen LogP contribution in [0.3, 0.4) is 0 Å². The van der Waals surface area contributed by atoms with Crippen LogP contribution in [0.2, 0.25) is 5.02 Å². The summed E-state index contributed by atoms with van der Waals surface area (Å²) in [6.07, 6.45) is 0. The molecule has 2 N–H and O–H groups in total. The van der Waals surface area contributed by atoms with E-state index in [2.05, 4.69) is 5.32 Å². The highest BCUT2D eigenvalue weighted by atomic mass is 35.5. The van der Waals surface area contributed by atoms with Crippen molar-refractivity contribution in [2.24, 2.45) is 5.92 Å². The average Bonchev–Trinajstić information content (AvgIpc) is 2.15. The van der Waals surface area contributed by atoms with E-state index in [0.717, 1.165) is 11.3 Å². The molecule has 0 saturated heterocycles. The summed E-state index contributed by atoms with van der Waals surface area (Å²) in [7, 11) is 0. The maximum atomic E-state index is 11.0. The van der Waals surface area contributed by atoms with Gasteiger partial charge in [0.15, 0.2) is 0 Å².